The third kappa shape index (κ3) is 8.43. The summed E-state index contributed by atoms with van der Waals surface area (Å²) in [6.07, 6.45) is 9.54. The molecule has 0 atom stereocenters. The van der Waals surface area contributed by atoms with Gasteiger partial charge in [0.1, 0.15) is 5.75 Å². The molecule has 0 saturated carbocycles. The number of carboxylic acids is 1. The second kappa shape index (κ2) is 15.1. The van der Waals surface area contributed by atoms with Gasteiger partial charge in [-0.2, -0.15) is 0 Å². The number of ether oxygens (including phenoxy) is 1. The molecule has 4 aromatic rings. The van der Waals surface area contributed by atoms with Gasteiger partial charge >= 0.3 is 5.97 Å². The summed E-state index contributed by atoms with van der Waals surface area (Å²) >= 11 is 0. The summed E-state index contributed by atoms with van der Waals surface area (Å²) in [7, 11) is 0. The van der Waals surface area contributed by atoms with Crippen molar-refractivity contribution in [3.05, 3.63) is 120 Å². The highest BCUT2D eigenvalue weighted by Crippen LogP contribution is 2.34. The Bertz CT molecular complexity index is 1340. The molecule has 0 aliphatic rings. The Morgan fingerprint density at radius 3 is 1.85 bits per heavy atom. The Balaban J connectivity index is 1.38. The number of rotatable bonds is 15. The van der Waals surface area contributed by atoms with Gasteiger partial charge in [-0.25, -0.2) is 0 Å². The third-order valence-corrected chi connectivity index (χ3v) is 6.61. The highest BCUT2D eigenvalue weighted by Gasteiger charge is 2.11. The van der Waals surface area contributed by atoms with E-state index in [1.54, 1.807) is 6.07 Å². The molecule has 204 valence electrons. The average molecular weight is 534 g/mol. The minimum atomic E-state index is -0.742. The lowest BCUT2D eigenvalue weighted by atomic mass is 10.1. The number of hydrogen-bond acceptors (Lipinski definition) is 4. The maximum absolute atomic E-state index is 11.5. The van der Waals surface area contributed by atoms with Crippen LogP contribution in [-0.2, 0) is 4.79 Å². The van der Waals surface area contributed by atoms with E-state index in [0.717, 1.165) is 60.2 Å². The van der Waals surface area contributed by atoms with Crippen molar-refractivity contribution in [2.75, 3.05) is 11.5 Å². The standard InChI is InChI=1S/C35H35NO4/c37-27-30-22-19-29(26-34(30)40-25-11-3-1-2-10-16-35(38)39)18-17-28-20-23-33(24-21-28)36(31-12-6-4-7-13-31)32-14-8-5-9-15-32/h4-9,12-15,17-24,26-27H,1-3,10-11,16,25H2,(H,38,39)/b18-17+. The van der Waals surface area contributed by atoms with Crippen molar-refractivity contribution >= 4 is 41.5 Å². The number of anilines is 3. The molecule has 0 aliphatic heterocycles. The van der Waals surface area contributed by atoms with Gasteiger partial charge in [0.2, 0.25) is 0 Å². The first-order chi connectivity index (χ1) is 19.6. The first-order valence-electron chi connectivity index (χ1n) is 13.8. The summed E-state index contributed by atoms with van der Waals surface area (Å²) in [5.74, 6) is -0.159. The minimum Gasteiger partial charge on any atom is -0.493 e. The number of carboxylic acid groups (broad SMARTS) is 1. The zero-order valence-electron chi connectivity index (χ0n) is 22.6. The smallest absolute Gasteiger partial charge is 0.303 e. The molecule has 1 N–H and O–H groups in total. The summed E-state index contributed by atoms with van der Waals surface area (Å²) in [4.78, 5) is 24.3. The maximum Gasteiger partial charge on any atom is 0.303 e. The second-order valence-corrected chi connectivity index (χ2v) is 9.61. The second-order valence-electron chi connectivity index (χ2n) is 9.61. The number of para-hydroxylation sites is 2. The number of aldehydes is 1. The molecule has 4 aromatic carbocycles. The van der Waals surface area contributed by atoms with Crippen molar-refractivity contribution in [2.24, 2.45) is 0 Å². The zero-order chi connectivity index (χ0) is 28.0. The minimum absolute atomic E-state index is 0.226. The number of nitrogens with zero attached hydrogens (tertiary/aromatic N) is 1. The van der Waals surface area contributed by atoms with E-state index in [-0.39, 0.29) is 6.42 Å². The topological polar surface area (TPSA) is 66.8 Å². The van der Waals surface area contributed by atoms with Crippen LogP contribution in [0.15, 0.2) is 103 Å². The number of carbonyl (C=O) groups excluding carboxylic acids is 1. The fraction of sp³-hybridized carbons (Fsp3) is 0.200. The van der Waals surface area contributed by atoms with E-state index in [2.05, 4.69) is 59.5 Å². The van der Waals surface area contributed by atoms with Crippen LogP contribution in [0.1, 0.15) is 60.0 Å². The van der Waals surface area contributed by atoms with Gasteiger partial charge in [-0.05, 0) is 72.5 Å². The molecule has 0 fully saturated rings. The van der Waals surface area contributed by atoms with Crippen LogP contribution < -0.4 is 9.64 Å². The lowest BCUT2D eigenvalue weighted by Crippen LogP contribution is -2.09. The van der Waals surface area contributed by atoms with Crippen LogP contribution in [0.3, 0.4) is 0 Å². The summed E-state index contributed by atoms with van der Waals surface area (Å²) < 4.78 is 5.93. The molecule has 0 spiro atoms. The van der Waals surface area contributed by atoms with E-state index in [1.807, 2.05) is 54.6 Å². The highest BCUT2D eigenvalue weighted by molar-refractivity contribution is 5.82. The maximum atomic E-state index is 11.5. The molecule has 4 rings (SSSR count). The monoisotopic (exact) mass is 533 g/mol. The van der Waals surface area contributed by atoms with Crippen molar-refractivity contribution in [2.45, 2.75) is 38.5 Å². The largest absolute Gasteiger partial charge is 0.493 e. The van der Waals surface area contributed by atoms with Crippen molar-refractivity contribution < 1.29 is 19.4 Å². The molecule has 0 bridgehead atoms. The highest BCUT2D eigenvalue weighted by atomic mass is 16.5. The van der Waals surface area contributed by atoms with Crippen LogP contribution >= 0.6 is 0 Å². The third-order valence-electron chi connectivity index (χ3n) is 6.61. The quantitative estimate of drug-likeness (QED) is 0.0938. The van der Waals surface area contributed by atoms with Crippen LogP contribution in [0.2, 0.25) is 0 Å². The molecule has 0 aromatic heterocycles. The van der Waals surface area contributed by atoms with Crippen molar-refractivity contribution in [1.82, 2.24) is 0 Å². The zero-order valence-corrected chi connectivity index (χ0v) is 22.6. The van der Waals surface area contributed by atoms with Gasteiger partial charge in [0.25, 0.3) is 0 Å². The average Bonchev–Trinajstić information content (AvgIpc) is 2.99. The van der Waals surface area contributed by atoms with E-state index in [0.29, 0.717) is 24.3 Å². The molecule has 0 heterocycles. The van der Waals surface area contributed by atoms with E-state index in [4.69, 9.17) is 9.84 Å². The molecule has 0 saturated heterocycles. The van der Waals surface area contributed by atoms with E-state index < -0.39 is 5.97 Å². The van der Waals surface area contributed by atoms with Gasteiger partial charge < -0.3 is 14.7 Å². The van der Waals surface area contributed by atoms with Crippen LogP contribution in [0.4, 0.5) is 17.1 Å². The number of aliphatic carboxylic acids is 1. The van der Waals surface area contributed by atoms with Gasteiger partial charge in [0.05, 0.1) is 12.2 Å². The van der Waals surface area contributed by atoms with Crippen molar-refractivity contribution in [1.29, 1.82) is 0 Å². The molecular formula is C35H35NO4. The first kappa shape index (κ1) is 28.4. The Hall–Kier alpha value is -4.64. The van der Waals surface area contributed by atoms with E-state index >= 15 is 0 Å². The Kier molecular flexibility index (Phi) is 10.7. The van der Waals surface area contributed by atoms with E-state index in [1.165, 1.54) is 0 Å². The SMILES string of the molecule is O=Cc1ccc(/C=C/c2ccc(N(c3ccccc3)c3ccccc3)cc2)cc1OCCCCCCCC(=O)O. The number of unbranched alkanes of at least 4 members (excludes halogenated alkanes) is 4. The fourth-order valence-electron chi connectivity index (χ4n) is 4.50. The molecule has 40 heavy (non-hydrogen) atoms. The molecule has 0 radical (unpaired) electrons. The number of hydrogen-bond donors (Lipinski definition) is 1. The van der Waals surface area contributed by atoms with Gasteiger partial charge in [-0.1, -0.05) is 86.0 Å². The van der Waals surface area contributed by atoms with Crippen LogP contribution in [0.5, 0.6) is 5.75 Å². The lowest BCUT2D eigenvalue weighted by Gasteiger charge is -2.25. The molecule has 5 nitrogen and oxygen atoms in total. The van der Waals surface area contributed by atoms with Crippen molar-refractivity contribution in [3.8, 4) is 5.75 Å². The van der Waals surface area contributed by atoms with Crippen LogP contribution in [-0.4, -0.2) is 24.0 Å². The molecule has 0 unspecified atom stereocenters. The summed E-state index contributed by atoms with van der Waals surface area (Å²) in [5.41, 5.74) is 5.81. The Labute approximate surface area is 236 Å². The van der Waals surface area contributed by atoms with Crippen molar-refractivity contribution in [3.63, 3.8) is 0 Å². The van der Waals surface area contributed by atoms with Gasteiger partial charge in [-0.15, -0.1) is 0 Å². The van der Waals surface area contributed by atoms with Crippen LogP contribution in [0, 0.1) is 0 Å². The summed E-state index contributed by atoms with van der Waals surface area (Å²) in [6, 6.07) is 34.6. The Morgan fingerprint density at radius 2 is 1.23 bits per heavy atom. The van der Waals surface area contributed by atoms with Gasteiger partial charge in [0, 0.05) is 23.5 Å². The number of carbonyl (C=O) groups is 2. The molecule has 0 amide bonds. The molecule has 5 heteroatoms. The Morgan fingerprint density at radius 1 is 0.675 bits per heavy atom. The summed E-state index contributed by atoms with van der Waals surface area (Å²) in [5, 5.41) is 8.71. The first-order valence-corrected chi connectivity index (χ1v) is 13.8. The normalized spacial score (nSPS) is 10.9. The van der Waals surface area contributed by atoms with E-state index in [9.17, 15) is 9.59 Å². The lowest BCUT2D eigenvalue weighted by molar-refractivity contribution is -0.137. The molecular weight excluding hydrogens is 498 g/mol. The summed E-state index contributed by atoms with van der Waals surface area (Å²) in [6.45, 7) is 0.522. The predicted molar refractivity (Wildman–Crippen MR) is 163 cm³/mol. The number of benzene rings is 4. The fourth-order valence-corrected chi connectivity index (χ4v) is 4.50. The predicted octanol–water partition coefficient (Wildman–Crippen LogP) is 8.94. The van der Waals surface area contributed by atoms with Crippen LogP contribution in [0.25, 0.3) is 12.2 Å². The van der Waals surface area contributed by atoms with Gasteiger partial charge in [0.15, 0.2) is 6.29 Å². The molecule has 0 aliphatic carbocycles. The van der Waals surface area contributed by atoms with Gasteiger partial charge in [-0.3, -0.25) is 9.59 Å².